The van der Waals surface area contributed by atoms with Gasteiger partial charge < -0.3 is 28.3 Å². The van der Waals surface area contributed by atoms with Gasteiger partial charge in [0, 0.05) is 85.2 Å². The van der Waals surface area contributed by atoms with E-state index >= 15 is 0 Å². The van der Waals surface area contributed by atoms with Gasteiger partial charge in [0.25, 0.3) is 5.91 Å². The maximum absolute atomic E-state index is 11.9. The number of benzene rings is 5. The molecule has 0 aliphatic carbocycles. The van der Waals surface area contributed by atoms with Crippen molar-refractivity contribution >= 4 is 147 Å². The molecule has 17 aromatic rings. The number of nitrogens with two attached hydrogens (primary N) is 3. The summed E-state index contributed by atoms with van der Waals surface area (Å²) >= 11 is 29.6. The Morgan fingerprint density at radius 1 is 0.500 bits per heavy atom. The smallest absolute Gasteiger partial charge is 0.373 e. The molecule has 5 aromatic carbocycles. The number of hydrazine groups is 3. The van der Waals surface area contributed by atoms with Gasteiger partial charge in [0.15, 0.2) is 65.8 Å². The number of aryl methyl sites for hydroxylation is 5. The first-order valence-corrected chi connectivity index (χ1v) is 31.7. The van der Waals surface area contributed by atoms with Gasteiger partial charge in [-0.25, -0.2) is 10.5 Å². The summed E-state index contributed by atoms with van der Waals surface area (Å²) in [4.78, 5) is 28.1. The SMILES string of the molecule is Cc1cc(-c2nnc3c4ccccc4c(Cl)nn23)no1.Cc1cc(-c2nnc3c4ccccc4c(OCc4cnnn4C)nn23)no1.Cc1cc(C(=O)NNc2nnc(Cl)c3ccccc23)no1.Cc1ccno1.Clc1nnc(Cl)c2ccccc12.NN.NNc1nnc(Cl)c2ccccc12.O=C=O. The topological polar surface area (TPSA) is 473 Å². The van der Waals surface area contributed by atoms with E-state index in [1.54, 1.807) is 51.2 Å². The number of ether oxygens (including phenoxy) is 1. The number of anilines is 2. The molecule has 1 amide bonds. The van der Waals surface area contributed by atoms with Crippen molar-refractivity contribution in [2.45, 2.75) is 34.3 Å². The molecule has 0 atom stereocenters. The number of nitrogens with one attached hydrogen (secondary N) is 3. The molecule has 0 saturated carbocycles. The van der Waals surface area contributed by atoms with Crippen LogP contribution in [0.5, 0.6) is 5.88 Å². The first kappa shape index (κ1) is 74.0. The Morgan fingerprint density at radius 3 is 1.36 bits per heavy atom. The highest BCUT2D eigenvalue weighted by Gasteiger charge is 2.21. The lowest BCUT2D eigenvalue weighted by atomic mass is 10.2. The van der Waals surface area contributed by atoms with Gasteiger partial charge >= 0.3 is 6.15 Å². The Morgan fingerprint density at radius 2 is 0.923 bits per heavy atom. The molecule has 0 fully saturated rings. The molecule has 0 radical (unpaired) electrons. The molecule has 104 heavy (non-hydrogen) atoms. The summed E-state index contributed by atoms with van der Waals surface area (Å²) in [7, 11) is 1.81. The normalized spacial score (nSPS) is 10.5. The Kier molecular flexibility index (Phi) is 25.0. The fourth-order valence-electron chi connectivity index (χ4n) is 9.36. The number of carbonyl (C=O) groups is 1. The van der Waals surface area contributed by atoms with Crippen LogP contribution in [0.2, 0.25) is 25.8 Å². The van der Waals surface area contributed by atoms with Crippen LogP contribution in [0.3, 0.4) is 0 Å². The minimum Gasteiger partial charge on any atom is -0.470 e. The van der Waals surface area contributed by atoms with Gasteiger partial charge in [-0.15, -0.1) is 61.2 Å². The molecular weight excluding hydrogens is 1450 g/mol. The molecule has 9 N–H and O–H groups in total. The first-order valence-electron chi connectivity index (χ1n) is 29.8. The molecule has 526 valence electrons. The van der Waals surface area contributed by atoms with Gasteiger partial charge in [-0.2, -0.15) is 23.7 Å². The van der Waals surface area contributed by atoms with Crippen molar-refractivity contribution < 1.29 is 37.2 Å². The van der Waals surface area contributed by atoms with Crippen molar-refractivity contribution in [2.24, 2.45) is 24.6 Å². The quantitative estimate of drug-likeness (QED) is 0.0577. The highest BCUT2D eigenvalue weighted by molar-refractivity contribution is 6.38. The molecule has 17 rings (SSSR count). The van der Waals surface area contributed by atoms with Crippen LogP contribution in [0.1, 0.15) is 39.2 Å². The number of hydrogen-bond donors (Lipinski definition) is 6. The fraction of sp³-hybridized carbons (Fsp3) is 0.0938. The summed E-state index contributed by atoms with van der Waals surface area (Å²) in [5.74, 6) is 18.0. The summed E-state index contributed by atoms with van der Waals surface area (Å²) in [6, 6.07) is 44.7. The minimum absolute atomic E-state index is 0.172. The largest absolute Gasteiger partial charge is 0.470 e. The number of amides is 1. The average Bonchev–Trinajstić information content (AvgIpc) is 1.59. The maximum Gasteiger partial charge on any atom is 0.373 e. The molecule has 0 bridgehead atoms. The summed E-state index contributed by atoms with van der Waals surface area (Å²) in [6.07, 6.45) is 3.53. The third-order valence-electron chi connectivity index (χ3n) is 14.1. The molecule has 0 saturated heterocycles. The average molecular weight is 1500 g/mol. The van der Waals surface area contributed by atoms with Gasteiger partial charge in [-0.05, 0) is 33.8 Å². The van der Waals surface area contributed by atoms with Crippen molar-refractivity contribution in [2.75, 3.05) is 10.9 Å². The van der Waals surface area contributed by atoms with Crippen molar-refractivity contribution in [3.05, 3.63) is 218 Å². The van der Waals surface area contributed by atoms with E-state index in [9.17, 15) is 4.79 Å². The van der Waals surface area contributed by atoms with Crippen molar-refractivity contribution in [1.29, 1.82) is 0 Å². The second-order valence-corrected chi connectivity index (χ2v) is 22.6. The standard InChI is InChI=1S/C17H14N8O2.C13H10ClN5O2.C13H8ClN5O.C8H4Cl2N2.C8H7ClN4.C4H5NO.CO2.H4N2/c1-10-7-14(22-27-10)16-20-19-15-12-5-3-4-6-13(12)17(21-25(15)16)26-9-11-8-18-23-24(11)2;1-7-6-10(19-21-7)13(20)18-17-12-9-5-3-2-4-8(9)11(14)15-16-12;1-7-6-10(18-20-7)13-16-15-12-9-5-3-2-4-8(9)11(14)17-19(12)13;9-7-5-3-1-2-4-6(5)8(10)12-11-7;9-7-5-3-1-2-4-6(5)8(11-10)13-12-7;1-4-2-3-5-6-4;2-1-3;1-2/h3-8H,9H2,1-2H3;2-6H,1H3,(H,16,17)(H,18,20);2-6H,1H3;1-4H;1-4H,10H2,(H,11,13);2-3H,1H3;;1-2H2. The molecule has 40 heteroatoms. The molecule has 12 heterocycles. The van der Waals surface area contributed by atoms with E-state index in [0.29, 0.717) is 94.9 Å². The summed E-state index contributed by atoms with van der Waals surface area (Å²) < 4.78 is 30.5. The van der Waals surface area contributed by atoms with E-state index in [4.69, 9.17) is 91.7 Å². The van der Waals surface area contributed by atoms with E-state index in [2.05, 4.69) is 125 Å². The predicted octanol–water partition coefficient (Wildman–Crippen LogP) is 10.9. The van der Waals surface area contributed by atoms with Crippen molar-refractivity contribution in [3.63, 3.8) is 0 Å². The minimum atomic E-state index is -0.437. The zero-order chi connectivity index (χ0) is 73.8. The lowest BCUT2D eigenvalue weighted by molar-refractivity contribution is -0.191. The molecule has 0 spiro atoms. The van der Waals surface area contributed by atoms with Crippen LogP contribution < -0.4 is 38.5 Å². The monoisotopic (exact) mass is 1500 g/mol. The van der Waals surface area contributed by atoms with E-state index in [1.807, 2.05) is 149 Å². The van der Waals surface area contributed by atoms with Gasteiger partial charge in [0.1, 0.15) is 29.6 Å². The van der Waals surface area contributed by atoms with E-state index in [1.165, 1.54) is 6.07 Å². The lowest BCUT2D eigenvalue weighted by Gasteiger charge is -2.09. The zero-order valence-electron chi connectivity index (χ0n) is 54.5. The van der Waals surface area contributed by atoms with E-state index in [-0.39, 0.29) is 18.5 Å². The van der Waals surface area contributed by atoms with E-state index in [0.717, 1.165) is 65.3 Å². The zero-order valence-corrected chi connectivity index (χ0v) is 58.3. The Bertz CT molecular complexity index is 5770. The summed E-state index contributed by atoms with van der Waals surface area (Å²) in [6.45, 7) is 7.48. The first-order chi connectivity index (χ1) is 50.5. The van der Waals surface area contributed by atoms with Crippen LogP contribution in [0.4, 0.5) is 11.6 Å². The van der Waals surface area contributed by atoms with Crippen LogP contribution in [0.25, 0.3) is 88.2 Å². The van der Waals surface area contributed by atoms with Crippen LogP contribution >= 0.6 is 58.0 Å². The maximum atomic E-state index is 11.9. The van der Waals surface area contributed by atoms with E-state index < -0.39 is 5.91 Å². The van der Waals surface area contributed by atoms with Crippen molar-refractivity contribution in [1.82, 2.24) is 111 Å². The highest BCUT2D eigenvalue weighted by atomic mass is 35.5. The highest BCUT2D eigenvalue weighted by Crippen LogP contribution is 2.32. The van der Waals surface area contributed by atoms with Gasteiger partial charge in [0.05, 0.1) is 18.1 Å². The number of hydrogen-bond acceptors (Lipinski definition) is 31. The number of rotatable bonds is 9. The molecule has 0 unspecified atom stereocenters. The third-order valence-corrected chi connectivity index (χ3v) is 15.5. The van der Waals surface area contributed by atoms with Gasteiger partial charge in [-0.3, -0.25) is 27.3 Å². The molecule has 0 aliphatic rings. The number of carbonyl (C=O) groups excluding carboxylic acids is 3. The predicted molar refractivity (Wildman–Crippen MR) is 381 cm³/mol. The third kappa shape index (κ3) is 17.5. The number of fused-ring (bicyclic) bond motifs is 9. The second-order valence-electron chi connectivity index (χ2n) is 20.8. The number of nitrogens with zero attached hydrogens (tertiary/aromatic N) is 21. The van der Waals surface area contributed by atoms with Crippen LogP contribution in [0.15, 0.2) is 176 Å². The van der Waals surface area contributed by atoms with Crippen LogP contribution in [-0.4, -0.2) is 118 Å². The number of aromatic nitrogens is 21. The Balaban J connectivity index is 0.000000138. The fourth-order valence-corrected chi connectivity index (χ4v) is 10.4. The van der Waals surface area contributed by atoms with Crippen LogP contribution in [0, 0.1) is 27.7 Å². The molecule has 0 aliphatic heterocycles. The molecule has 35 nitrogen and oxygen atoms in total. The number of halogens is 5. The van der Waals surface area contributed by atoms with Gasteiger partial charge in [0.2, 0.25) is 17.5 Å². The molecular formula is C64H52Cl5N27O8. The number of nitrogen functional groups attached to an aromatic ring is 1. The lowest BCUT2D eigenvalue weighted by Crippen LogP contribution is -2.30. The second kappa shape index (κ2) is 35.1. The Labute approximate surface area is 608 Å². The summed E-state index contributed by atoms with van der Waals surface area (Å²) in [5.41, 5.74) is 11.1. The summed E-state index contributed by atoms with van der Waals surface area (Å²) in [5, 5.41) is 81.4. The van der Waals surface area contributed by atoms with Crippen molar-refractivity contribution in [3.8, 4) is 28.9 Å². The molecule has 12 aromatic heterocycles. The van der Waals surface area contributed by atoms with Gasteiger partial charge in [-0.1, -0.05) is 199 Å². The van der Waals surface area contributed by atoms with Crippen LogP contribution in [-0.2, 0) is 23.2 Å². The Hall–Kier alpha value is -12.7.